The zero-order chi connectivity index (χ0) is 21.2. The number of hydrogen-bond acceptors (Lipinski definition) is 5. The Morgan fingerprint density at radius 2 is 1.97 bits per heavy atom. The van der Waals surface area contributed by atoms with Crippen LogP contribution in [0.1, 0.15) is 16.7 Å². The number of thioether (sulfide) groups is 1. The molecule has 0 aliphatic carbocycles. The van der Waals surface area contributed by atoms with Gasteiger partial charge in [0.25, 0.3) is 0 Å². The Bertz CT molecular complexity index is 1050. The van der Waals surface area contributed by atoms with Crippen molar-refractivity contribution >= 4 is 35.0 Å². The van der Waals surface area contributed by atoms with Gasteiger partial charge in [-0.05, 0) is 54.1 Å². The first kappa shape index (κ1) is 21.1. The van der Waals surface area contributed by atoms with Gasteiger partial charge in [0.2, 0.25) is 11.1 Å². The number of anilines is 1. The number of aryl methyl sites for hydroxylation is 2. The largest absolute Gasteiger partial charge is 0.417 e. The van der Waals surface area contributed by atoms with Crippen LogP contribution >= 0.6 is 23.4 Å². The summed E-state index contributed by atoms with van der Waals surface area (Å²) in [6.45, 7) is 3.89. The number of amides is 1. The average molecular weight is 442 g/mol. The molecule has 2 aromatic carbocycles. The lowest BCUT2D eigenvalue weighted by Gasteiger charge is -2.12. The van der Waals surface area contributed by atoms with E-state index in [4.69, 9.17) is 11.6 Å². The van der Waals surface area contributed by atoms with E-state index < -0.39 is 22.7 Å². The fourth-order valence-corrected chi connectivity index (χ4v) is 3.52. The van der Waals surface area contributed by atoms with Crippen molar-refractivity contribution in [2.75, 3.05) is 11.1 Å². The molecule has 0 bridgehead atoms. The Labute approximate surface area is 173 Å². The predicted octanol–water partition coefficient (Wildman–Crippen LogP) is 4.68. The number of benzene rings is 2. The number of alkyl halides is 3. The Morgan fingerprint density at radius 3 is 2.66 bits per heavy atom. The van der Waals surface area contributed by atoms with Gasteiger partial charge in [0.15, 0.2) is 0 Å². The van der Waals surface area contributed by atoms with Gasteiger partial charge in [-0.1, -0.05) is 41.1 Å². The minimum atomic E-state index is -4.61. The highest BCUT2D eigenvalue weighted by molar-refractivity contribution is 7.99. The number of rotatable bonds is 5. The Kier molecular flexibility index (Phi) is 6.13. The zero-order valence-corrected chi connectivity index (χ0v) is 16.9. The number of nitrogens with one attached hydrogen (secondary N) is 1. The summed E-state index contributed by atoms with van der Waals surface area (Å²) in [4.78, 5) is 12.2. The molecule has 3 rings (SSSR count). The quantitative estimate of drug-likeness (QED) is 0.582. The number of carbonyl (C=O) groups excluding carboxylic acids is 1. The molecule has 152 valence electrons. The zero-order valence-electron chi connectivity index (χ0n) is 15.3. The maximum atomic E-state index is 12.9. The summed E-state index contributed by atoms with van der Waals surface area (Å²) in [6, 6.07) is 8.97. The number of aromatic nitrogens is 4. The second-order valence-electron chi connectivity index (χ2n) is 6.19. The highest BCUT2D eigenvalue weighted by atomic mass is 35.5. The van der Waals surface area contributed by atoms with Crippen LogP contribution in [0.4, 0.5) is 18.9 Å². The normalized spacial score (nSPS) is 11.5. The van der Waals surface area contributed by atoms with Crippen LogP contribution in [0, 0.1) is 13.8 Å². The van der Waals surface area contributed by atoms with Crippen LogP contribution in [0.3, 0.4) is 0 Å². The molecule has 0 saturated heterocycles. The molecule has 0 fully saturated rings. The van der Waals surface area contributed by atoms with Gasteiger partial charge in [0.1, 0.15) is 0 Å². The van der Waals surface area contributed by atoms with E-state index in [0.29, 0.717) is 5.16 Å². The molecule has 1 heterocycles. The van der Waals surface area contributed by atoms with Crippen LogP contribution in [-0.4, -0.2) is 31.9 Å². The van der Waals surface area contributed by atoms with Crippen LogP contribution in [-0.2, 0) is 11.0 Å². The molecule has 11 heteroatoms. The number of hydrogen-bond donors (Lipinski definition) is 1. The number of nitrogens with zero attached hydrogens (tertiary/aromatic N) is 4. The SMILES string of the molecule is Cc1ccc(-n2nnnc2SCC(=O)Nc2ccc(Cl)c(C(F)(F)F)c2)c(C)c1. The fourth-order valence-electron chi connectivity index (χ4n) is 2.61. The van der Waals surface area contributed by atoms with Crippen LogP contribution in [0.25, 0.3) is 5.69 Å². The highest BCUT2D eigenvalue weighted by Gasteiger charge is 2.33. The van der Waals surface area contributed by atoms with Crippen molar-refractivity contribution in [1.29, 1.82) is 0 Å². The van der Waals surface area contributed by atoms with E-state index in [1.807, 2.05) is 32.0 Å². The third kappa shape index (κ3) is 5.07. The minimum absolute atomic E-state index is 0.00120. The summed E-state index contributed by atoms with van der Waals surface area (Å²) in [5.74, 6) is -0.587. The molecular formula is C18H15ClF3N5OS. The molecule has 3 aromatic rings. The summed E-state index contributed by atoms with van der Waals surface area (Å²) in [5.41, 5.74) is 1.82. The van der Waals surface area contributed by atoms with Gasteiger partial charge in [-0.15, -0.1) is 5.10 Å². The third-order valence-corrected chi connectivity index (χ3v) is 5.16. The standard InChI is InChI=1S/C18H15ClF3N5OS/c1-10-3-6-15(11(2)7-10)27-17(24-25-26-27)29-9-16(28)23-12-4-5-14(19)13(8-12)18(20,21)22/h3-8H,9H2,1-2H3,(H,23,28). The van der Waals surface area contributed by atoms with Crippen molar-refractivity contribution in [3.8, 4) is 5.69 Å². The van der Waals surface area contributed by atoms with Gasteiger partial charge in [-0.25, -0.2) is 0 Å². The molecule has 0 aliphatic heterocycles. The summed E-state index contributed by atoms with van der Waals surface area (Å²) < 4.78 is 40.3. The van der Waals surface area contributed by atoms with Crippen molar-refractivity contribution in [2.45, 2.75) is 25.2 Å². The van der Waals surface area contributed by atoms with E-state index in [0.717, 1.165) is 40.7 Å². The second-order valence-corrected chi connectivity index (χ2v) is 7.54. The Morgan fingerprint density at radius 1 is 1.21 bits per heavy atom. The van der Waals surface area contributed by atoms with Gasteiger partial charge in [-0.3, -0.25) is 4.79 Å². The summed E-state index contributed by atoms with van der Waals surface area (Å²) in [5, 5.41) is 13.9. The highest BCUT2D eigenvalue weighted by Crippen LogP contribution is 2.36. The summed E-state index contributed by atoms with van der Waals surface area (Å²) >= 11 is 6.65. The first-order valence-corrected chi connectivity index (χ1v) is 9.67. The smallest absolute Gasteiger partial charge is 0.325 e. The van der Waals surface area contributed by atoms with Crippen molar-refractivity contribution in [1.82, 2.24) is 20.2 Å². The number of tetrazole rings is 1. The maximum absolute atomic E-state index is 12.9. The molecular weight excluding hydrogens is 427 g/mol. The second kappa shape index (κ2) is 8.42. The number of carbonyl (C=O) groups is 1. The van der Waals surface area contributed by atoms with E-state index >= 15 is 0 Å². The van der Waals surface area contributed by atoms with Crippen molar-refractivity contribution < 1.29 is 18.0 Å². The van der Waals surface area contributed by atoms with Gasteiger partial charge in [-0.2, -0.15) is 17.9 Å². The van der Waals surface area contributed by atoms with E-state index in [9.17, 15) is 18.0 Å². The van der Waals surface area contributed by atoms with Crippen LogP contribution in [0.5, 0.6) is 0 Å². The topological polar surface area (TPSA) is 72.7 Å². The van der Waals surface area contributed by atoms with Gasteiger partial charge in [0, 0.05) is 5.69 Å². The molecule has 0 spiro atoms. The molecule has 0 aliphatic rings. The monoisotopic (exact) mass is 441 g/mol. The molecule has 0 atom stereocenters. The maximum Gasteiger partial charge on any atom is 0.417 e. The molecule has 1 amide bonds. The lowest BCUT2D eigenvalue weighted by atomic mass is 10.1. The summed E-state index contributed by atoms with van der Waals surface area (Å²) in [7, 11) is 0. The lowest BCUT2D eigenvalue weighted by molar-refractivity contribution is -0.137. The minimum Gasteiger partial charge on any atom is -0.325 e. The summed E-state index contributed by atoms with van der Waals surface area (Å²) in [6.07, 6.45) is -4.61. The van der Waals surface area contributed by atoms with E-state index in [1.54, 1.807) is 0 Å². The molecule has 1 aromatic heterocycles. The van der Waals surface area contributed by atoms with Crippen LogP contribution < -0.4 is 5.32 Å². The Hall–Kier alpha value is -2.59. The van der Waals surface area contributed by atoms with E-state index in [1.165, 1.54) is 10.7 Å². The average Bonchev–Trinajstić information content (AvgIpc) is 3.09. The fraction of sp³-hybridized carbons (Fsp3) is 0.222. The van der Waals surface area contributed by atoms with Crippen molar-refractivity contribution in [2.24, 2.45) is 0 Å². The molecule has 0 radical (unpaired) electrons. The first-order valence-electron chi connectivity index (χ1n) is 8.30. The van der Waals surface area contributed by atoms with Crippen LogP contribution in [0.2, 0.25) is 5.02 Å². The van der Waals surface area contributed by atoms with Crippen molar-refractivity contribution in [3.05, 3.63) is 58.1 Å². The van der Waals surface area contributed by atoms with Gasteiger partial charge in [0.05, 0.1) is 22.0 Å². The van der Waals surface area contributed by atoms with E-state index in [2.05, 4.69) is 20.8 Å². The molecule has 29 heavy (non-hydrogen) atoms. The molecule has 0 saturated carbocycles. The number of halogens is 4. The lowest BCUT2D eigenvalue weighted by Crippen LogP contribution is -2.16. The molecule has 0 unspecified atom stereocenters. The Balaban J connectivity index is 1.69. The first-order chi connectivity index (χ1) is 13.6. The van der Waals surface area contributed by atoms with Crippen LogP contribution in [0.15, 0.2) is 41.6 Å². The third-order valence-electron chi connectivity index (χ3n) is 3.91. The molecule has 6 nitrogen and oxygen atoms in total. The van der Waals surface area contributed by atoms with Gasteiger partial charge < -0.3 is 5.32 Å². The van der Waals surface area contributed by atoms with Gasteiger partial charge >= 0.3 is 6.18 Å². The van der Waals surface area contributed by atoms with Crippen molar-refractivity contribution in [3.63, 3.8) is 0 Å². The molecule has 1 N–H and O–H groups in total. The van der Waals surface area contributed by atoms with E-state index in [-0.39, 0.29) is 11.4 Å². The predicted molar refractivity (Wildman–Crippen MR) is 104 cm³/mol.